The highest BCUT2D eigenvalue weighted by molar-refractivity contribution is 9.10. The number of carbonyl (C=O) groups excluding carboxylic acids is 1. The third kappa shape index (κ3) is 4.54. The summed E-state index contributed by atoms with van der Waals surface area (Å²) < 4.78 is 1.01. The van der Waals surface area contributed by atoms with E-state index in [-0.39, 0.29) is 12.5 Å². The summed E-state index contributed by atoms with van der Waals surface area (Å²) in [4.78, 5) is 11.7. The predicted octanol–water partition coefficient (Wildman–Crippen LogP) is 3.83. The fraction of sp³-hybridized carbons (Fsp3) is 0.133. The summed E-state index contributed by atoms with van der Waals surface area (Å²) in [6.45, 7) is 0.659. The van der Waals surface area contributed by atoms with Gasteiger partial charge in [0.25, 0.3) is 0 Å². The summed E-state index contributed by atoms with van der Waals surface area (Å²) in [6, 6.07) is 15.1. The quantitative estimate of drug-likeness (QED) is 0.857. The Morgan fingerprint density at radius 2 is 1.80 bits per heavy atom. The number of hydrogen-bond acceptors (Lipinski definition) is 2. The van der Waals surface area contributed by atoms with Gasteiger partial charge in [-0.25, -0.2) is 0 Å². The van der Waals surface area contributed by atoms with Crippen LogP contribution in [0.5, 0.6) is 0 Å². The molecule has 0 unspecified atom stereocenters. The Kier molecular flexibility index (Phi) is 5.44. The number of halogens is 2. The Bertz CT molecular complexity index is 587. The van der Waals surface area contributed by atoms with Crippen molar-refractivity contribution in [1.82, 2.24) is 5.32 Å². The molecule has 0 aliphatic rings. The van der Waals surface area contributed by atoms with Crippen LogP contribution in [0.4, 0.5) is 5.69 Å². The average Bonchev–Trinajstić information content (AvgIpc) is 2.46. The van der Waals surface area contributed by atoms with E-state index < -0.39 is 0 Å². The molecule has 1 amide bonds. The lowest BCUT2D eigenvalue weighted by Crippen LogP contribution is -2.29. The molecule has 2 aromatic rings. The van der Waals surface area contributed by atoms with Gasteiger partial charge in [-0.3, -0.25) is 4.79 Å². The van der Waals surface area contributed by atoms with Crippen molar-refractivity contribution in [3.63, 3.8) is 0 Å². The maximum absolute atomic E-state index is 11.7. The van der Waals surface area contributed by atoms with Crippen LogP contribution >= 0.6 is 27.5 Å². The first kappa shape index (κ1) is 14.9. The van der Waals surface area contributed by atoms with Gasteiger partial charge in [0.2, 0.25) is 5.91 Å². The molecule has 0 saturated heterocycles. The molecule has 2 rings (SSSR count). The Morgan fingerprint density at radius 3 is 2.50 bits per heavy atom. The molecule has 0 bridgehead atoms. The number of carbonyl (C=O) groups is 1. The lowest BCUT2D eigenvalue weighted by molar-refractivity contribution is -0.119. The summed E-state index contributed by atoms with van der Waals surface area (Å²) in [5.41, 5.74) is 1.81. The normalized spacial score (nSPS) is 10.1. The third-order valence-electron chi connectivity index (χ3n) is 2.73. The molecule has 3 nitrogen and oxygen atoms in total. The van der Waals surface area contributed by atoms with E-state index in [1.807, 2.05) is 48.5 Å². The van der Waals surface area contributed by atoms with Gasteiger partial charge in [0.05, 0.1) is 6.54 Å². The first-order chi connectivity index (χ1) is 9.65. The summed E-state index contributed by atoms with van der Waals surface area (Å²) in [6.07, 6.45) is 0. The van der Waals surface area contributed by atoms with Gasteiger partial charge in [0.15, 0.2) is 0 Å². The number of rotatable bonds is 5. The van der Waals surface area contributed by atoms with Gasteiger partial charge >= 0.3 is 0 Å². The van der Waals surface area contributed by atoms with Crippen LogP contribution in [0.15, 0.2) is 53.0 Å². The second-order valence-electron chi connectivity index (χ2n) is 4.23. The number of nitrogens with one attached hydrogen (secondary N) is 2. The molecule has 20 heavy (non-hydrogen) atoms. The van der Waals surface area contributed by atoms with Crippen molar-refractivity contribution in [2.75, 3.05) is 11.9 Å². The molecule has 0 aromatic heterocycles. The first-order valence-electron chi connectivity index (χ1n) is 6.15. The maximum atomic E-state index is 11.7. The van der Waals surface area contributed by atoms with Gasteiger partial charge in [-0.05, 0) is 35.9 Å². The minimum Gasteiger partial charge on any atom is -0.376 e. The smallest absolute Gasteiger partial charge is 0.239 e. The van der Waals surface area contributed by atoms with Crippen molar-refractivity contribution in [2.45, 2.75) is 6.54 Å². The SMILES string of the molecule is O=C(CNc1ccc(Br)cc1)NCc1ccccc1Cl. The second-order valence-corrected chi connectivity index (χ2v) is 5.55. The molecule has 0 heterocycles. The second kappa shape index (κ2) is 7.31. The van der Waals surface area contributed by atoms with E-state index in [0.717, 1.165) is 15.7 Å². The molecule has 0 atom stereocenters. The number of hydrogen-bond donors (Lipinski definition) is 2. The topological polar surface area (TPSA) is 41.1 Å². The molecule has 2 aromatic carbocycles. The monoisotopic (exact) mass is 352 g/mol. The zero-order valence-corrected chi connectivity index (χ0v) is 13.0. The summed E-state index contributed by atoms with van der Waals surface area (Å²) >= 11 is 9.39. The van der Waals surface area contributed by atoms with E-state index in [1.165, 1.54) is 0 Å². The van der Waals surface area contributed by atoms with Crippen molar-refractivity contribution < 1.29 is 4.79 Å². The van der Waals surface area contributed by atoms with Gasteiger partial charge in [-0.1, -0.05) is 45.7 Å². The van der Waals surface area contributed by atoms with Crippen LogP contribution in [0, 0.1) is 0 Å². The molecule has 0 aliphatic carbocycles. The van der Waals surface area contributed by atoms with Gasteiger partial charge in [-0.2, -0.15) is 0 Å². The summed E-state index contributed by atoms with van der Waals surface area (Å²) in [7, 11) is 0. The highest BCUT2D eigenvalue weighted by Gasteiger charge is 2.03. The van der Waals surface area contributed by atoms with Crippen LogP contribution in [0.2, 0.25) is 5.02 Å². The minimum atomic E-state index is -0.0761. The van der Waals surface area contributed by atoms with Gasteiger partial charge in [-0.15, -0.1) is 0 Å². The van der Waals surface area contributed by atoms with E-state index in [0.29, 0.717) is 11.6 Å². The van der Waals surface area contributed by atoms with E-state index >= 15 is 0 Å². The van der Waals surface area contributed by atoms with Crippen LogP contribution in [0.25, 0.3) is 0 Å². The molecular formula is C15H14BrClN2O. The molecule has 0 aliphatic heterocycles. The molecule has 0 saturated carbocycles. The van der Waals surface area contributed by atoms with Crippen molar-refractivity contribution in [2.24, 2.45) is 0 Å². The highest BCUT2D eigenvalue weighted by atomic mass is 79.9. The fourth-order valence-corrected chi connectivity index (χ4v) is 2.12. The fourth-order valence-electron chi connectivity index (χ4n) is 1.65. The zero-order chi connectivity index (χ0) is 14.4. The van der Waals surface area contributed by atoms with Gasteiger partial charge in [0.1, 0.15) is 0 Å². The van der Waals surface area contributed by atoms with Crippen molar-refractivity contribution >= 4 is 39.1 Å². The van der Waals surface area contributed by atoms with E-state index in [4.69, 9.17) is 11.6 Å². The molecule has 2 N–H and O–H groups in total. The van der Waals surface area contributed by atoms with Crippen LogP contribution < -0.4 is 10.6 Å². The largest absolute Gasteiger partial charge is 0.376 e. The first-order valence-corrected chi connectivity index (χ1v) is 7.32. The van der Waals surface area contributed by atoms with E-state index in [9.17, 15) is 4.79 Å². The molecule has 5 heteroatoms. The summed E-state index contributed by atoms with van der Waals surface area (Å²) in [5, 5.41) is 6.54. The zero-order valence-electron chi connectivity index (χ0n) is 10.7. The van der Waals surface area contributed by atoms with Crippen molar-refractivity contribution in [3.8, 4) is 0 Å². The lowest BCUT2D eigenvalue weighted by atomic mass is 10.2. The van der Waals surface area contributed by atoms with Crippen LogP contribution in [-0.2, 0) is 11.3 Å². The number of amides is 1. The number of anilines is 1. The van der Waals surface area contributed by atoms with Crippen LogP contribution in [0.3, 0.4) is 0 Å². The van der Waals surface area contributed by atoms with Crippen molar-refractivity contribution in [3.05, 3.63) is 63.6 Å². The Hall–Kier alpha value is -1.52. The summed E-state index contributed by atoms with van der Waals surface area (Å²) in [5.74, 6) is -0.0761. The highest BCUT2D eigenvalue weighted by Crippen LogP contribution is 2.15. The molecule has 0 radical (unpaired) electrons. The number of benzene rings is 2. The Morgan fingerprint density at radius 1 is 1.10 bits per heavy atom. The van der Waals surface area contributed by atoms with Crippen LogP contribution in [-0.4, -0.2) is 12.5 Å². The standard InChI is InChI=1S/C15H14BrClN2O/c16-12-5-7-13(8-6-12)18-10-15(20)19-9-11-3-1-2-4-14(11)17/h1-8,18H,9-10H2,(H,19,20). The van der Waals surface area contributed by atoms with Crippen molar-refractivity contribution in [1.29, 1.82) is 0 Å². The Balaban J connectivity index is 1.78. The van der Waals surface area contributed by atoms with E-state index in [2.05, 4.69) is 26.6 Å². The van der Waals surface area contributed by atoms with Gasteiger partial charge in [0, 0.05) is 21.7 Å². The average molecular weight is 354 g/mol. The molecule has 0 spiro atoms. The molecule has 0 fully saturated rings. The van der Waals surface area contributed by atoms with Crippen LogP contribution in [0.1, 0.15) is 5.56 Å². The Labute approximate surface area is 131 Å². The molecular weight excluding hydrogens is 340 g/mol. The molecule has 104 valence electrons. The van der Waals surface area contributed by atoms with Gasteiger partial charge < -0.3 is 10.6 Å². The third-order valence-corrected chi connectivity index (χ3v) is 3.63. The lowest BCUT2D eigenvalue weighted by Gasteiger charge is -2.09. The predicted molar refractivity (Wildman–Crippen MR) is 85.9 cm³/mol. The maximum Gasteiger partial charge on any atom is 0.239 e. The minimum absolute atomic E-state index is 0.0761. The van der Waals surface area contributed by atoms with E-state index in [1.54, 1.807) is 0 Å².